The second kappa shape index (κ2) is 12.3. The monoisotopic (exact) mass is 546 g/mol. The highest BCUT2D eigenvalue weighted by molar-refractivity contribution is 7.99. The topological polar surface area (TPSA) is 115 Å². The number of ether oxygens (including phenoxy) is 1. The molecule has 1 fully saturated rings. The van der Waals surface area contributed by atoms with Crippen molar-refractivity contribution in [3.8, 4) is 0 Å². The number of hydrogen-bond acceptors (Lipinski definition) is 7. The molecule has 1 unspecified atom stereocenters. The number of hydrogen-bond donors (Lipinski definition) is 2. The molecule has 0 radical (unpaired) electrons. The third kappa shape index (κ3) is 6.58. The van der Waals surface area contributed by atoms with Crippen LogP contribution in [0.15, 0.2) is 75.2 Å². The highest BCUT2D eigenvalue weighted by atomic mass is 32.2. The van der Waals surface area contributed by atoms with Crippen molar-refractivity contribution in [2.24, 2.45) is 0 Å². The lowest BCUT2D eigenvalue weighted by Crippen LogP contribution is -2.31. The van der Waals surface area contributed by atoms with Crippen LogP contribution in [0, 0.1) is 0 Å². The lowest BCUT2D eigenvalue weighted by molar-refractivity contribution is -0.113. The fraction of sp³-hybridized carbons (Fsp3) is 0.310. The summed E-state index contributed by atoms with van der Waals surface area (Å²) in [4.78, 5) is 43.7. The van der Waals surface area contributed by atoms with Gasteiger partial charge in [0, 0.05) is 24.4 Å². The first-order valence-corrected chi connectivity index (χ1v) is 14.0. The van der Waals surface area contributed by atoms with Gasteiger partial charge in [-0.2, -0.15) is 0 Å². The predicted octanol–water partition coefficient (Wildman–Crippen LogP) is 4.24. The first kappa shape index (κ1) is 26.7. The van der Waals surface area contributed by atoms with E-state index in [-0.39, 0.29) is 35.8 Å². The van der Waals surface area contributed by atoms with Crippen LogP contribution in [-0.2, 0) is 22.5 Å². The zero-order valence-corrected chi connectivity index (χ0v) is 22.5. The van der Waals surface area contributed by atoms with E-state index in [0.717, 1.165) is 31.0 Å². The number of nitrogens with zero attached hydrogens (tertiary/aromatic N) is 2. The number of furan rings is 1. The molecule has 1 atom stereocenters. The van der Waals surface area contributed by atoms with Crippen LogP contribution >= 0.6 is 11.8 Å². The number of amides is 2. The summed E-state index contributed by atoms with van der Waals surface area (Å²) >= 11 is 1.16. The summed E-state index contributed by atoms with van der Waals surface area (Å²) in [7, 11) is 0. The van der Waals surface area contributed by atoms with Crippen LogP contribution in [0.1, 0.15) is 41.4 Å². The van der Waals surface area contributed by atoms with E-state index in [1.54, 1.807) is 36.6 Å². The highest BCUT2D eigenvalue weighted by Crippen LogP contribution is 2.21. The van der Waals surface area contributed by atoms with Gasteiger partial charge in [0.15, 0.2) is 5.16 Å². The number of carbonyl (C=O) groups is 2. The largest absolute Gasteiger partial charge is 0.467 e. The van der Waals surface area contributed by atoms with Gasteiger partial charge in [-0.15, -0.1) is 0 Å². The third-order valence-corrected chi connectivity index (χ3v) is 7.55. The summed E-state index contributed by atoms with van der Waals surface area (Å²) in [6.07, 6.45) is 4.41. The molecular formula is C29H30N4O5S. The van der Waals surface area contributed by atoms with E-state index in [1.807, 2.05) is 24.3 Å². The van der Waals surface area contributed by atoms with Crippen LogP contribution in [0.4, 0.5) is 5.69 Å². The van der Waals surface area contributed by atoms with E-state index >= 15 is 0 Å². The van der Waals surface area contributed by atoms with Gasteiger partial charge in [-0.25, -0.2) is 4.98 Å². The van der Waals surface area contributed by atoms with Gasteiger partial charge in [0.1, 0.15) is 5.76 Å². The molecule has 2 N–H and O–H groups in total. The first-order valence-electron chi connectivity index (χ1n) is 13.0. The second-order valence-corrected chi connectivity index (χ2v) is 10.3. The van der Waals surface area contributed by atoms with E-state index in [4.69, 9.17) is 14.1 Å². The molecule has 9 nitrogen and oxygen atoms in total. The zero-order valence-electron chi connectivity index (χ0n) is 21.6. The van der Waals surface area contributed by atoms with Crippen LogP contribution < -0.4 is 16.2 Å². The summed E-state index contributed by atoms with van der Waals surface area (Å²) in [5.74, 6) is 0.167. The Balaban J connectivity index is 1.37. The van der Waals surface area contributed by atoms with Gasteiger partial charge in [0.2, 0.25) is 5.91 Å². The Morgan fingerprint density at radius 1 is 1.15 bits per heavy atom. The molecule has 4 aromatic rings. The average Bonchev–Trinajstić information content (AvgIpc) is 3.67. The minimum absolute atomic E-state index is 0.0278. The number of benzene rings is 2. The van der Waals surface area contributed by atoms with Gasteiger partial charge in [-0.3, -0.25) is 19.0 Å². The summed E-state index contributed by atoms with van der Waals surface area (Å²) in [6.45, 7) is 3.39. The molecule has 2 aromatic heterocycles. The zero-order chi connectivity index (χ0) is 27.2. The summed E-state index contributed by atoms with van der Waals surface area (Å²) < 4.78 is 12.5. The predicted molar refractivity (Wildman–Crippen MR) is 150 cm³/mol. The van der Waals surface area contributed by atoms with E-state index < -0.39 is 0 Å². The van der Waals surface area contributed by atoms with E-state index in [2.05, 4.69) is 17.6 Å². The van der Waals surface area contributed by atoms with Crippen molar-refractivity contribution in [1.82, 2.24) is 14.9 Å². The molecule has 10 heteroatoms. The number of carbonyl (C=O) groups excluding carboxylic acids is 2. The average molecular weight is 547 g/mol. The first-order chi connectivity index (χ1) is 19.0. The maximum absolute atomic E-state index is 13.5. The van der Waals surface area contributed by atoms with Crippen molar-refractivity contribution in [1.29, 1.82) is 0 Å². The summed E-state index contributed by atoms with van der Waals surface area (Å²) in [5, 5.41) is 6.52. The van der Waals surface area contributed by atoms with Crippen molar-refractivity contribution in [3.05, 3.63) is 88.1 Å². The summed E-state index contributed by atoms with van der Waals surface area (Å²) in [6, 6.07) is 16.1. The van der Waals surface area contributed by atoms with Crippen molar-refractivity contribution in [3.63, 3.8) is 0 Å². The van der Waals surface area contributed by atoms with Crippen molar-refractivity contribution < 1.29 is 18.7 Å². The Hall–Kier alpha value is -3.89. The molecule has 1 aliphatic heterocycles. The Bertz CT molecular complexity index is 1510. The van der Waals surface area contributed by atoms with Gasteiger partial charge < -0.3 is 19.8 Å². The van der Waals surface area contributed by atoms with Crippen LogP contribution in [0.2, 0.25) is 0 Å². The maximum Gasteiger partial charge on any atom is 0.262 e. The number of thioether (sulfide) groups is 1. The van der Waals surface area contributed by atoms with Crippen LogP contribution in [0.25, 0.3) is 10.9 Å². The van der Waals surface area contributed by atoms with Gasteiger partial charge in [0.05, 0.1) is 35.6 Å². The number of anilines is 1. The molecule has 2 aromatic carbocycles. The van der Waals surface area contributed by atoms with Gasteiger partial charge in [0.25, 0.3) is 11.5 Å². The Morgan fingerprint density at radius 2 is 2.00 bits per heavy atom. The fourth-order valence-electron chi connectivity index (χ4n) is 4.41. The quantitative estimate of drug-likeness (QED) is 0.226. The molecule has 0 spiro atoms. The lowest BCUT2D eigenvalue weighted by atomic mass is 10.1. The number of nitrogens with one attached hydrogen (secondary N) is 2. The minimum atomic E-state index is -0.277. The van der Waals surface area contributed by atoms with E-state index in [0.29, 0.717) is 46.2 Å². The SMILES string of the molecule is CCc1ccc(NC(=O)CSc2nc3cc(C(=O)NCC4CCCO4)ccc3c(=O)n2Cc2ccco2)cc1. The van der Waals surface area contributed by atoms with E-state index in [1.165, 1.54) is 10.1 Å². The second-order valence-electron chi connectivity index (χ2n) is 9.33. The molecular weight excluding hydrogens is 516 g/mol. The summed E-state index contributed by atoms with van der Waals surface area (Å²) in [5.41, 5.74) is 2.40. The molecule has 1 saturated heterocycles. The van der Waals surface area contributed by atoms with Gasteiger partial charge in [-0.05, 0) is 67.3 Å². The molecule has 0 saturated carbocycles. The van der Waals surface area contributed by atoms with Gasteiger partial charge >= 0.3 is 0 Å². The molecule has 39 heavy (non-hydrogen) atoms. The van der Waals surface area contributed by atoms with Gasteiger partial charge in [-0.1, -0.05) is 30.8 Å². The molecule has 2 amide bonds. The Morgan fingerprint density at radius 3 is 2.72 bits per heavy atom. The van der Waals surface area contributed by atoms with Crippen LogP contribution in [0.5, 0.6) is 0 Å². The normalized spacial score (nSPS) is 14.9. The van der Waals surface area contributed by atoms with Crippen molar-refractivity contribution in [2.75, 3.05) is 24.2 Å². The fourth-order valence-corrected chi connectivity index (χ4v) is 5.21. The molecule has 0 bridgehead atoms. The maximum atomic E-state index is 13.5. The third-order valence-electron chi connectivity index (χ3n) is 6.57. The van der Waals surface area contributed by atoms with Crippen molar-refractivity contribution in [2.45, 2.75) is 44.0 Å². The van der Waals surface area contributed by atoms with Crippen LogP contribution in [-0.4, -0.2) is 46.4 Å². The molecule has 0 aliphatic carbocycles. The number of fused-ring (bicyclic) bond motifs is 1. The number of aryl methyl sites for hydroxylation is 1. The standard InChI is InChI=1S/C29H30N4O5S/c1-2-19-7-10-21(11-8-19)31-26(34)18-39-29-32-25-15-20(27(35)30-16-22-5-3-13-37-22)9-12-24(25)28(36)33(29)17-23-6-4-14-38-23/h4,6-12,14-15,22H,2-3,5,13,16-18H2,1H3,(H,30,35)(H,31,34). The molecule has 5 rings (SSSR count). The Kier molecular flexibility index (Phi) is 8.43. The van der Waals surface area contributed by atoms with Crippen molar-refractivity contribution >= 4 is 40.2 Å². The minimum Gasteiger partial charge on any atom is -0.467 e. The lowest BCUT2D eigenvalue weighted by Gasteiger charge is -2.14. The number of aromatic nitrogens is 2. The van der Waals surface area contributed by atoms with E-state index in [9.17, 15) is 14.4 Å². The smallest absolute Gasteiger partial charge is 0.262 e. The highest BCUT2D eigenvalue weighted by Gasteiger charge is 2.19. The molecule has 202 valence electrons. The molecule has 1 aliphatic rings. The molecule has 3 heterocycles. The Labute approximate surface area is 230 Å². The van der Waals surface area contributed by atoms with Crippen LogP contribution in [0.3, 0.4) is 0 Å². The number of rotatable bonds is 10.